The van der Waals surface area contributed by atoms with E-state index in [4.69, 9.17) is 14.9 Å². The predicted octanol–water partition coefficient (Wildman–Crippen LogP) is 4.70. The molecule has 1 saturated carbocycles. The summed E-state index contributed by atoms with van der Waals surface area (Å²) in [6.07, 6.45) is 3.69. The van der Waals surface area contributed by atoms with Crippen LogP contribution in [-0.2, 0) is 0 Å². The first-order valence-electron chi connectivity index (χ1n) is 10.2. The maximum atomic E-state index is 10.2. The van der Waals surface area contributed by atoms with Crippen molar-refractivity contribution in [1.29, 1.82) is 21.2 Å². The van der Waals surface area contributed by atoms with Crippen molar-refractivity contribution in [3.8, 4) is 29.7 Å². The number of nitriles is 3. The summed E-state index contributed by atoms with van der Waals surface area (Å²) in [5.74, 6) is 0.0211. The molecule has 1 aromatic carbocycles. The van der Waals surface area contributed by atoms with Gasteiger partial charge in [0.2, 0.25) is 6.79 Å². The number of hydrogen-bond donors (Lipinski definition) is 1. The molecule has 30 heavy (non-hydrogen) atoms. The lowest BCUT2D eigenvalue weighted by atomic mass is 9.51. The minimum absolute atomic E-state index is 0.0521. The second-order valence-corrected chi connectivity index (χ2v) is 9.44. The van der Waals surface area contributed by atoms with Gasteiger partial charge in [-0.25, -0.2) is 0 Å². The molecule has 3 aliphatic rings. The Balaban J connectivity index is 1.92. The van der Waals surface area contributed by atoms with Gasteiger partial charge in [0.25, 0.3) is 0 Å². The molecular weight excluding hydrogens is 376 g/mol. The average molecular weight is 400 g/mol. The zero-order valence-corrected chi connectivity index (χ0v) is 17.4. The Morgan fingerprint density at radius 1 is 1.10 bits per heavy atom. The zero-order chi connectivity index (χ0) is 21.7. The minimum Gasteiger partial charge on any atom is -0.454 e. The van der Waals surface area contributed by atoms with Crippen LogP contribution in [0, 0.1) is 68.0 Å². The quantitative estimate of drug-likeness (QED) is 0.686. The molecule has 1 unspecified atom stereocenters. The third-order valence-electron chi connectivity index (χ3n) is 6.98. The zero-order valence-electron chi connectivity index (χ0n) is 17.4. The fraction of sp³-hybridized carbons (Fsp3) is 0.500. The van der Waals surface area contributed by atoms with Crippen LogP contribution in [-0.4, -0.2) is 12.5 Å². The Morgan fingerprint density at radius 3 is 2.43 bits per heavy atom. The molecule has 4 rings (SSSR count). The predicted molar refractivity (Wildman–Crippen MR) is 110 cm³/mol. The van der Waals surface area contributed by atoms with Gasteiger partial charge in [0, 0.05) is 5.92 Å². The Hall–Kier alpha value is -3.30. The minimum atomic E-state index is -1.70. The van der Waals surface area contributed by atoms with Gasteiger partial charge in [-0.3, -0.25) is 0 Å². The van der Waals surface area contributed by atoms with E-state index in [1.165, 1.54) is 0 Å². The highest BCUT2D eigenvalue weighted by Gasteiger charge is 2.58. The Labute approximate surface area is 176 Å². The van der Waals surface area contributed by atoms with Crippen molar-refractivity contribution in [2.45, 2.75) is 39.5 Å². The summed E-state index contributed by atoms with van der Waals surface area (Å²) in [6, 6.07) is 12.0. The molecule has 1 aliphatic heterocycles. The highest BCUT2D eigenvalue weighted by Crippen LogP contribution is 2.58. The fourth-order valence-corrected chi connectivity index (χ4v) is 5.21. The second kappa shape index (κ2) is 6.89. The Kier molecular flexibility index (Phi) is 4.59. The summed E-state index contributed by atoms with van der Waals surface area (Å²) in [5, 5.41) is 38.9. The molecule has 1 aromatic rings. The molecule has 0 amide bonds. The Morgan fingerprint density at radius 2 is 1.80 bits per heavy atom. The molecule has 2 aliphatic carbocycles. The number of nitrogens with one attached hydrogen (secondary N) is 1. The molecule has 6 heteroatoms. The molecule has 0 bridgehead atoms. The van der Waals surface area contributed by atoms with E-state index in [-0.39, 0.29) is 23.8 Å². The summed E-state index contributed by atoms with van der Waals surface area (Å²) in [6.45, 7) is 6.72. The molecule has 0 aromatic heterocycles. The molecular formula is C24H24N4O2. The number of hydrogen-bond acceptors (Lipinski definition) is 6. The van der Waals surface area contributed by atoms with Crippen molar-refractivity contribution in [3.63, 3.8) is 0 Å². The van der Waals surface area contributed by atoms with E-state index < -0.39 is 17.3 Å². The number of allylic oxidation sites excluding steroid dienone is 2. The molecule has 6 nitrogen and oxygen atoms in total. The lowest BCUT2D eigenvalue weighted by Crippen LogP contribution is -2.50. The molecule has 1 N–H and O–H groups in total. The van der Waals surface area contributed by atoms with E-state index in [2.05, 4.69) is 45.1 Å². The van der Waals surface area contributed by atoms with Gasteiger partial charge in [0.1, 0.15) is 5.92 Å². The third kappa shape index (κ3) is 2.78. The standard InChI is InChI=1S/C24H24N4O2/c1-23(2,3)15-5-6-16-17(9-15)21(14-4-7-19-20(8-14)30-13-29-19)24(11-26,12-27)22(28)18(16)10-25/h4,6-8,15,17-18,21,28H,5,9,13H2,1-3H3/t15-,17-,18?,21+/m0/s1. The fourth-order valence-electron chi connectivity index (χ4n) is 5.21. The number of benzene rings is 1. The van der Waals surface area contributed by atoms with Crippen LogP contribution in [0.15, 0.2) is 29.8 Å². The monoisotopic (exact) mass is 400 g/mol. The van der Waals surface area contributed by atoms with Crippen molar-refractivity contribution in [2.75, 3.05) is 6.79 Å². The SMILES string of the molecule is CC(C)(C)[C@H]1CC=C2C(C#N)C(=N)C(C#N)(C#N)[C@H](c3ccc4c(c3)OCO4)[C@H]2C1. The van der Waals surface area contributed by atoms with Crippen molar-refractivity contribution in [3.05, 3.63) is 35.4 Å². The van der Waals surface area contributed by atoms with Crippen LogP contribution in [0.5, 0.6) is 11.5 Å². The number of nitrogens with zero attached hydrogens (tertiary/aromatic N) is 3. The molecule has 4 atom stereocenters. The Bertz CT molecular complexity index is 1050. The second-order valence-electron chi connectivity index (χ2n) is 9.44. The largest absolute Gasteiger partial charge is 0.454 e. The third-order valence-corrected chi connectivity index (χ3v) is 6.98. The van der Waals surface area contributed by atoms with Crippen LogP contribution >= 0.6 is 0 Å². The van der Waals surface area contributed by atoms with Crippen molar-refractivity contribution < 1.29 is 9.47 Å². The van der Waals surface area contributed by atoms with E-state index in [1.807, 2.05) is 12.1 Å². The molecule has 0 saturated heterocycles. The van der Waals surface area contributed by atoms with Crippen molar-refractivity contribution in [2.24, 2.45) is 28.6 Å². The van der Waals surface area contributed by atoms with Gasteiger partial charge in [-0.1, -0.05) is 32.9 Å². The van der Waals surface area contributed by atoms with Crippen LogP contribution < -0.4 is 9.47 Å². The molecule has 1 fully saturated rings. The topological polar surface area (TPSA) is 114 Å². The van der Waals surface area contributed by atoms with Crippen LogP contribution in [0.25, 0.3) is 0 Å². The van der Waals surface area contributed by atoms with E-state index in [0.29, 0.717) is 17.4 Å². The van der Waals surface area contributed by atoms with E-state index in [9.17, 15) is 15.8 Å². The van der Waals surface area contributed by atoms with Crippen molar-refractivity contribution >= 4 is 5.71 Å². The summed E-state index contributed by atoms with van der Waals surface area (Å²) < 4.78 is 11.0. The molecule has 0 radical (unpaired) electrons. The normalized spacial score (nSPS) is 29.1. The summed E-state index contributed by atoms with van der Waals surface area (Å²) in [4.78, 5) is 0. The maximum absolute atomic E-state index is 10.2. The molecule has 152 valence electrons. The average Bonchev–Trinajstić information content (AvgIpc) is 3.20. The highest BCUT2D eigenvalue weighted by molar-refractivity contribution is 6.00. The first kappa shape index (κ1) is 20.0. The van der Waals surface area contributed by atoms with Gasteiger partial charge in [0.05, 0.1) is 23.9 Å². The smallest absolute Gasteiger partial charge is 0.231 e. The van der Waals surface area contributed by atoms with E-state index in [1.54, 1.807) is 6.07 Å². The number of ether oxygens (including phenoxy) is 2. The first-order valence-corrected chi connectivity index (χ1v) is 10.2. The summed E-state index contributed by atoms with van der Waals surface area (Å²) in [7, 11) is 0. The van der Waals surface area contributed by atoms with Crippen LogP contribution in [0.2, 0.25) is 0 Å². The number of rotatable bonds is 1. The van der Waals surface area contributed by atoms with Crippen LogP contribution in [0.4, 0.5) is 0 Å². The van der Waals surface area contributed by atoms with Crippen molar-refractivity contribution in [1.82, 2.24) is 0 Å². The van der Waals surface area contributed by atoms with Gasteiger partial charge in [-0.15, -0.1) is 0 Å². The lowest BCUT2D eigenvalue weighted by molar-refractivity contribution is 0.167. The van der Waals surface area contributed by atoms with E-state index >= 15 is 0 Å². The molecule has 1 heterocycles. The van der Waals surface area contributed by atoms with Gasteiger partial charge in [-0.2, -0.15) is 15.8 Å². The van der Waals surface area contributed by atoms with Crippen LogP contribution in [0.3, 0.4) is 0 Å². The van der Waals surface area contributed by atoms with Gasteiger partial charge in [-0.05, 0) is 53.4 Å². The van der Waals surface area contributed by atoms with Crippen LogP contribution in [0.1, 0.15) is 45.1 Å². The summed E-state index contributed by atoms with van der Waals surface area (Å²) in [5.41, 5.74) is -0.109. The van der Waals surface area contributed by atoms with E-state index in [0.717, 1.165) is 24.0 Å². The van der Waals surface area contributed by atoms with Gasteiger partial charge < -0.3 is 14.9 Å². The lowest BCUT2D eigenvalue weighted by Gasteiger charge is -2.49. The summed E-state index contributed by atoms with van der Waals surface area (Å²) >= 11 is 0. The van der Waals surface area contributed by atoms with Gasteiger partial charge in [0.15, 0.2) is 16.9 Å². The first-order chi connectivity index (χ1) is 14.3. The van der Waals surface area contributed by atoms with Gasteiger partial charge >= 0.3 is 0 Å². The number of fused-ring (bicyclic) bond motifs is 2. The maximum Gasteiger partial charge on any atom is 0.231 e. The molecule has 0 spiro atoms. The highest BCUT2D eigenvalue weighted by atomic mass is 16.7.